The summed E-state index contributed by atoms with van der Waals surface area (Å²) in [7, 11) is 1.25. The fourth-order valence-electron chi connectivity index (χ4n) is 2.35. The molecule has 0 amide bonds. The molecule has 23 heavy (non-hydrogen) atoms. The number of aromatic nitrogens is 1. The molecule has 0 fully saturated rings. The Bertz CT molecular complexity index is 928. The van der Waals surface area contributed by atoms with E-state index in [0.717, 1.165) is 6.20 Å². The number of rotatable bonds is 2. The van der Waals surface area contributed by atoms with Gasteiger partial charge < -0.3 is 4.74 Å². The lowest BCUT2D eigenvalue weighted by molar-refractivity contribution is 0.0601. The first-order valence-corrected chi connectivity index (χ1v) is 7.01. The summed E-state index contributed by atoms with van der Waals surface area (Å²) >= 11 is 6.00. The van der Waals surface area contributed by atoms with E-state index in [1.807, 2.05) is 0 Å². The maximum absolute atomic E-state index is 14.0. The normalized spacial score (nSPS) is 10.8. The second-order valence-electron chi connectivity index (χ2n) is 4.81. The van der Waals surface area contributed by atoms with Gasteiger partial charge in [0.25, 0.3) is 0 Å². The standard InChI is InChI=1S/C17H10ClF2NO2/c1-23-17(22)9-5-6-10-12(7-9)16(21-8-14(10)20)11-3-2-4-13(19)15(11)18/h2-8H,1H3. The fraction of sp³-hybridized carbons (Fsp3) is 0.0588. The SMILES string of the molecule is COC(=O)c1ccc2c(F)cnc(-c3cccc(F)c3Cl)c2c1. The number of fused-ring (bicyclic) bond motifs is 1. The number of hydrogen-bond acceptors (Lipinski definition) is 3. The van der Waals surface area contributed by atoms with Crippen LogP contribution in [0, 0.1) is 11.6 Å². The molecular weight excluding hydrogens is 324 g/mol. The fourth-order valence-corrected chi connectivity index (χ4v) is 2.57. The first-order valence-electron chi connectivity index (χ1n) is 6.64. The number of benzene rings is 2. The Labute approximate surface area is 135 Å². The Balaban J connectivity index is 2.34. The van der Waals surface area contributed by atoms with E-state index >= 15 is 0 Å². The molecule has 1 heterocycles. The molecule has 0 saturated heterocycles. The number of halogens is 3. The van der Waals surface area contributed by atoms with Crippen molar-refractivity contribution in [2.45, 2.75) is 0 Å². The van der Waals surface area contributed by atoms with Gasteiger partial charge in [0.1, 0.15) is 11.6 Å². The first kappa shape index (κ1) is 15.4. The third-order valence-electron chi connectivity index (χ3n) is 3.47. The van der Waals surface area contributed by atoms with Crippen LogP contribution in [0.3, 0.4) is 0 Å². The van der Waals surface area contributed by atoms with Crippen molar-refractivity contribution in [2.75, 3.05) is 7.11 Å². The number of nitrogens with zero attached hydrogens (tertiary/aromatic N) is 1. The maximum Gasteiger partial charge on any atom is 0.337 e. The number of carbonyl (C=O) groups is 1. The largest absolute Gasteiger partial charge is 0.465 e. The summed E-state index contributed by atoms with van der Waals surface area (Å²) in [6, 6.07) is 8.64. The van der Waals surface area contributed by atoms with Gasteiger partial charge in [-0.2, -0.15) is 0 Å². The predicted molar refractivity (Wildman–Crippen MR) is 83.4 cm³/mol. The highest BCUT2D eigenvalue weighted by Gasteiger charge is 2.16. The lowest BCUT2D eigenvalue weighted by atomic mass is 10.0. The van der Waals surface area contributed by atoms with Crippen LogP contribution in [0.1, 0.15) is 10.4 Å². The Hall–Kier alpha value is -2.53. The summed E-state index contributed by atoms with van der Waals surface area (Å²) in [5, 5.41) is 0.486. The van der Waals surface area contributed by atoms with E-state index in [1.54, 1.807) is 6.07 Å². The molecule has 0 aliphatic rings. The molecule has 0 aliphatic heterocycles. The Kier molecular flexibility index (Phi) is 3.96. The van der Waals surface area contributed by atoms with Gasteiger partial charge >= 0.3 is 5.97 Å². The van der Waals surface area contributed by atoms with Crippen molar-refractivity contribution in [3.8, 4) is 11.3 Å². The minimum Gasteiger partial charge on any atom is -0.465 e. The first-order chi connectivity index (χ1) is 11.0. The van der Waals surface area contributed by atoms with Gasteiger partial charge in [0, 0.05) is 16.3 Å². The van der Waals surface area contributed by atoms with E-state index in [4.69, 9.17) is 11.6 Å². The zero-order chi connectivity index (χ0) is 16.6. The molecule has 0 N–H and O–H groups in total. The quantitative estimate of drug-likeness (QED) is 0.642. The van der Waals surface area contributed by atoms with E-state index in [-0.39, 0.29) is 21.7 Å². The highest BCUT2D eigenvalue weighted by molar-refractivity contribution is 6.33. The van der Waals surface area contributed by atoms with Crippen molar-refractivity contribution in [3.63, 3.8) is 0 Å². The van der Waals surface area contributed by atoms with Crippen molar-refractivity contribution in [1.82, 2.24) is 4.98 Å². The van der Waals surface area contributed by atoms with Gasteiger partial charge in [0.15, 0.2) is 0 Å². The van der Waals surface area contributed by atoms with Crippen LogP contribution in [0.15, 0.2) is 42.6 Å². The zero-order valence-electron chi connectivity index (χ0n) is 11.9. The number of ether oxygens (including phenoxy) is 1. The summed E-state index contributed by atoms with van der Waals surface area (Å²) < 4.78 is 32.4. The van der Waals surface area contributed by atoms with Crippen LogP contribution < -0.4 is 0 Å². The number of esters is 1. The summed E-state index contributed by atoms with van der Waals surface area (Å²) in [6.07, 6.45) is 1.04. The van der Waals surface area contributed by atoms with Crippen LogP contribution in [0.4, 0.5) is 8.78 Å². The average molecular weight is 334 g/mol. The highest BCUT2D eigenvalue weighted by atomic mass is 35.5. The molecular formula is C17H10ClF2NO2. The van der Waals surface area contributed by atoms with Gasteiger partial charge in [-0.25, -0.2) is 13.6 Å². The van der Waals surface area contributed by atoms with Crippen molar-refractivity contribution in [3.05, 3.63) is 64.8 Å². The highest BCUT2D eigenvalue weighted by Crippen LogP contribution is 2.34. The third-order valence-corrected chi connectivity index (χ3v) is 3.85. The second kappa shape index (κ2) is 5.93. The minimum absolute atomic E-state index is 0.114. The van der Waals surface area contributed by atoms with E-state index in [9.17, 15) is 13.6 Å². The van der Waals surface area contributed by atoms with Crippen molar-refractivity contribution >= 4 is 28.3 Å². The average Bonchev–Trinajstić information content (AvgIpc) is 2.57. The number of hydrogen-bond donors (Lipinski definition) is 0. The van der Waals surface area contributed by atoms with Crippen LogP contribution in [0.2, 0.25) is 5.02 Å². The number of pyridine rings is 1. The van der Waals surface area contributed by atoms with Gasteiger partial charge in [-0.1, -0.05) is 29.8 Å². The molecule has 0 aliphatic carbocycles. The zero-order valence-corrected chi connectivity index (χ0v) is 12.7. The molecule has 6 heteroatoms. The molecule has 3 rings (SSSR count). The van der Waals surface area contributed by atoms with Crippen molar-refractivity contribution < 1.29 is 18.3 Å². The van der Waals surface area contributed by atoms with Crippen LogP contribution in [0.25, 0.3) is 22.0 Å². The molecule has 3 aromatic rings. The molecule has 0 unspecified atom stereocenters. The molecule has 0 radical (unpaired) electrons. The molecule has 0 bridgehead atoms. The summed E-state index contributed by atoms with van der Waals surface area (Å²) in [5.41, 5.74) is 0.844. The Morgan fingerprint density at radius 1 is 1.13 bits per heavy atom. The van der Waals surface area contributed by atoms with Gasteiger partial charge in [0.2, 0.25) is 0 Å². The number of methoxy groups -OCH3 is 1. The molecule has 1 aromatic heterocycles. The van der Waals surface area contributed by atoms with E-state index in [0.29, 0.717) is 10.9 Å². The topological polar surface area (TPSA) is 39.2 Å². The van der Waals surface area contributed by atoms with Crippen LogP contribution in [0.5, 0.6) is 0 Å². The van der Waals surface area contributed by atoms with Crippen molar-refractivity contribution in [1.29, 1.82) is 0 Å². The van der Waals surface area contributed by atoms with Crippen LogP contribution in [-0.2, 0) is 4.74 Å². The van der Waals surface area contributed by atoms with E-state index in [2.05, 4.69) is 9.72 Å². The third kappa shape index (κ3) is 2.64. The summed E-state index contributed by atoms with van der Waals surface area (Å²) in [4.78, 5) is 15.7. The lowest BCUT2D eigenvalue weighted by Crippen LogP contribution is -2.01. The number of carbonyl (C=O) groups excluding carboxylic acids is 1. The van der Waals surface area contributed by atoms with E-state index < -0.39 is 17.6 Å². The van der Waals surface area contributed by atoms with Gasteiger partial charge in [0.05, 0.1) is 29.6 Å². The van der Waals surface area contributed by atoms with Gasteiger partial charge in [-0.15, -0.1) is 0 Å². The predicted octanol–water partition coefficient (Wildman–Crippen LogP) is 4.62. The lowest BCUT2D eigenvalue weighted by Gasteiger charge is -2.10. The summed E-state index contributed by atoms with van der Waals surface area (Å²) in [5.74, 6) is -1.72. The van der Waals surface area contributed by atoms with Crippen LogP contribution in [-0.4, -0.2) is 18.1 Å². The molecule has 0 saturated carbocycles. The second-order valence-corrected chi connectivity index (χ2v) is 5.19. The molecule has 3 nitrogen and oxygen atoms in total. The molecule has 0 spiro atoms. The molecule has 2 aromatic carbocycles. The minimum atomic E-state index is -0.604. The Morgan fingerprint density at radius 3 is 2.65 bits per heavy atom. The van der Waals surface area contributed by atoms with Crippen LogP contribution >= 0.6 is 11.6 Å². The molecule has 0 atom stereocenters. The summed E-state index contributed by atoms with van der Waals surface area (Å²) in [6.45, 7) is 0. The Morgan fingerprint density at radius 2 is 1.91 bits per heavy atom. The van der Waals surface area contributed by atoms with Crippen molar-refractivity contribution in [2.24, 2.45) is 0 Å². The van der Waals surface area contributed by atoms with Gasteiger partial charge in [-0.3, -0.25) is 4.98 Å². The smallest absolute Gasteiger partial charge is 0.337 e. The molecule has 116 valence electrons. The van der Waals surface area contributed by atoms with E-state index in [1.165, 1.54) is 37.4 Å². The maximum atomic E-state index is 14.0. The van der Waals surface area contributed by atoms with Gasteiger partial charge in [-0.05, 0) is 18.2 Å². The monoisotopic (exact) mass is 333 g/mol.